The molecule has 0 saturated heterocycles. The molecule has 8 heteroatoms. The van der Waals surface area contributed by atoms with E-state index in [1.165, 1.54) is 6.07 Å². The number of benzene rings is 1. The van der Waals surface area contributed by atoms with Gasteiger partial charge in [-0.2, -0.15) is 0 Å². The van der Waals surface area contributed by atoms with Crippen molar-refractivity contribution in [1.29, 1.82) is 0 Å². The number of carbonyl (C=O) groups excluding carboxylic acids is 2. The van der Waals surface area contributed by atoms with Crippen molar-refractivity contribution in [2.75, 3.05) is 22.1 Å². The fraction of sp³-hybridized carbons (Fsp3) is 0.182. The predicted octanol–water partition coefficient (Wildman–Crippen LogP) is 3.44. The van der Waals surface area contributed by atoms with E-state index in [0.717, 1.165) is 5.56 Å². The second-order valence-electron chi connectivity index (χ2n) is 7.85. The molecule has 3 rings (SSSR count). The lowest BCUT2D eigenvalue weighted by Gasteiger charge is -2.21. The van der Waals surface area contributed by atoms with Crippen molar-refractivity contribution in [3.8, 4) is 0 Å². The highest BCUT2D eigenvalue weighted by atomic mass is 16.2. The van der Waals surface area contributed by atoms with Gasteiger partial charge in [-0.15, -0.1) is 0 Å². The number of carbonyl (C=O) groups is 2. The van der Waals surface area contributed by atoms with Crippen LogP contribution in [0.4, 0.5) is 23.3 Å². The molecule has 0 fully saturated rings. The summed E-state index contributed by atoms with van der Waals surface area (Å²) >= 11 is 0. The Morgan fingerprint density at radius 2 is 1.20 bits per heavy atom. The van der Waals surface area contributed by atoms with Crippen LogP contribution in [0.1, 0.15) is 47.1 Å². The van der Waals surface area contributed by atoms with Crippen molar-refractivity contribution in [3.63, 3.8) is 0 Å². The van der Waals surface area contributed by atoms with E-state index in [4.69, 9.17) is 11.5 Å². The summed E-state index contributed by atoms with van der Waals surface area (Å²) in [5.74, 6) is 0.467. The first-order chi connectivity index (χ1) is 14.1. The van der Waals surface area contributed by atoms with Crippen LogP contribution in [-0.4, -0.2) is 21.8 Å². The lowest BCUT2D eigenvalue weighted by Crippen LogP contribution is -2.20. The third-order valence-electron chi connectivity index (χ3n) is 4.35. The summed E-state index contributed by atoms with van der Waals surface area (Å²) in [6.45, 7) is 6.01. The van der Waals surface area contributed by atoms with E-state index in [1.807, 2.05) is 20.8 Å². The van der Waals surface area contributed by atoms with Crippen molar-refractivity contribution in [3.05, 3.63) is 71.3 Å². The molecule has 6 N–H and O–H groups in total. The topological polar surface area (TPSA) is 136 Å². The average molecular weight is 404 g/mol. The van der Waals surface area contributed by atoms with Gasteiger partial charge in [-0.05, 0) is 53.4 Å². The molecule has 2 aromatic heterocycles. The summed E-state index contributed by atoms with van der Waals surface area (Å²) in [6, 6.07) is 15.0. The van der Waals surface area contributed by atoms with Gasteiger partial charge in [0.2, 0.25) is 0 Å². The van der Waals surface area contributed by atoms with E-state index in [2.05, 4.69) is 20.6 Å². The Hall–Kier alpha value is -3.94. The molecular weight excluding hydrogens is 380 g/mol. The number of amides is 2. The van der Waals surface area contributed by atoms with Crippen LogP contribution < -0.4 is 22.1 Å². The van der Waals surface area contributed by atoms with Crippen LogP contribution in [0.15, 0.2) is 54.6 Å². The fourth-order valence-corrected chi connectivity index (χ4v) is 2.74. The Kier molecular flexibility index (Phi) is 5.68. The number of rotatable bonds is 4. The highest BCUT2D eigenvalue weighted by Gasteiger charge is 2.20. The van der Waals surface area contributed by atoms with Gasteiger partial charge in [-0.3, -0.25) is 9.59 Å². The molecule has 30 heavy (non-hydrogen) atoms. The smallest absolute Gasteiger partial charge is 0.256 e. The van der Waals surface area contributed by atoms with Crippen LogP contribution in [0.3, 0.4) is 0 Å². The van der Waals surface area contributed by atoms with Crippen LogP contribution in [0.25, 0.3) is 0 Å². The minimum Gasteiger partial charge on any atom is -0.384 e. The summed E-state index contributed by atoms with van der Waals surface area (Å²) in [7, 11) is 0. The van der Waals surface area contributed by atoms with E-state index in [9.17, 15) is 9.59 Å². The van der Waals surface area contributed by atoms with E-state index >= 15 is 0 Å². The maximum atomic E-state index is 12.8. The molecule has 3 aromatic rings. The Bertz CT molecular complexity index is 1030. The SMILES string of the molecule is CC(C)(C)c1cc(C(=O)Nc2cccc(N)n2)cc(C(=O)Nc2cccc(N)n2)c1. The molecule has 0 atom stereocenters. The Morgan fingerprint density at radius 1 is 0.767 bits per heavy atom. The number of anilines is 4. The number of nitrogen functional groups attached to an aromatic ring is 2. The van der Waals surface area contributed by atoms with Crippen molar-refractivity contribution in [2.24, 2.45) is 0 Å². The first kappa shape index (κ1) is 20.8. The normalized spacial score (nSPS) is 11.0. The monoisotopic (exact) mass is 404 g/mol. The number of hydrogen-bond donors (Lipinski definition) is 4. The molecule has 0 bridgehead atoms. The first-order valence-corrected chi connectivity index (χ1v) is 9.35. The number of nitrogens with one attached hydrogen (secondary N) is 2. The maximum absolute atomic E-state index is 12.8. The van der Waals surface area contributed by atoms with Crippen molar-refractivity contribution in [2.45, 2.75) is 26.2 Å². The maximum Gasteiger partial charge on any atom is 0.256 e. The zero-order valence-corrected chi connectivity index (χ0v) is 17.1. The second kappa shape index (κ2) is 8.20. The number of nitrogens with two attached hydrogens (primary N) is 2. The van der Waals surface area contributed by atoms with Gasteiger partial charge < -0.3 is 22.1 Å². The second-order valence-corrected chi connectivity index (χ2v) is 7.85. The first-order valence-electron chi connectivity index (χ1n) is 9.35. The standard InChI is InChI=1S/C22H24N6O2/c1-22(2,3)15-11-13(20(29)27-18-8-4-6-16(23)25-18)10-14(12-15)21(30)28-19-9-5-7-17(24)26-19/h4-12H,1-3H3,(H3,23,25,27,29)(H3,24,26,28,30). The number of nitrogens with zero attached hydrogens (tertiary/aromatic N) is 2. The minimum absolute atomic E-state index is 0.282. The molecule has 0 saturated carbocycles. The van der Waals surface area contributed by atoms with Crippen LogP contribution in [0.5, 0.6) is 0 Å². The van der Waals surface area contributed by atoms with Crippen LogP contribution >= 0.6 is 0 Å². The number of hydrogen-bond acceptors (Lipinski definition) is 6. The Labute approximate surface area is 174 Å². The summed E-state index contributed by atoms with van der Waals surface area (Å²) in [4.78, 5) is 33.8. The number of pyridine rings is 2. The van der Waals surface area contributed by atoms with Gasteiger partial charge in [-0.25, -0.2) is 9.97 Å². The van der Waals surface area contributed by atoms with Gasteiger partial charge in [0, 0.05) is 11.1 Å². The summed E-state index contributed by atoms with van der Waals surface area (Å²) in [6.07, 6.45) is 0. The van der Waals surface area contributed by atoms with Crippen LogP contribution in [0.2, 0.25) is 0 Å². The molecule has 0 aliphatic heterocycles. The Balaban J connectivity index is 1.93. The molecule has 1 aromatic carbocycles. The molecule has 154 valence electrons. The fourth-order valence-electron chi connectivity index (χ4n) is 2.74. The molecule has 0 unspecified atom stereocenters. The van der Waals surface area contributed by atoms with Gasteiger partial charge in [0.25, 0.3) is 11.8 Å². The third-order valence-corrected chi connectivity index (χ3v) is 4.35. The van der Waals surface area contributed by atoms with Crippen LogP contribution in [-0.2, 0) is 5.41 Å². The highest BCUT2D eigenvalue weighted by Crippen LogP contribution is 2.25. The molecule has 0 radical (unpaired) electrons. The lowest BCUT2D eigenvalue weighted by molar-refractivity contribution is 0.102. The van der Waals surface area contributed by atoms with Crippen molar-refractivity contribution >= 4 is 35.1 Å². The largest absolute Gasteiger partial charge is 0.384 e. The molecule has 8 nitrogen and oxygen atoms in total. The van der Waals surface area contributed by atoms with Gasteiger partial charge in [-0.1, -0.05) is 32.9 Å². The molecule has 2 amide bonds. The van der Waals surface area contributed by atoms with Gasteiger partial charge in [0.1, 0.15) is 23.3 Å². The third kappa shape index (κ3) is 5.11. The van der Waals surface area contributed by atoms with E-state index in [0.29, 0.717) is 34.4 Å². The van der Waals surface area contributed by atoms with E-state index in [1.54, 1.807) is 48.5 Å². The average Bonchev–Trinajstić information content (AvgIpc) is 2.67. The minimum atomic E-state index is -0.393. The predicted molar refractivity (Wildman–Crippen MR) is 118 cm³/mol. The van der Waals surface area contributed by atoms with E-state index < -0.39 is 11.8 Å². The van der Waals surface area contributed by atoms with Gasteiger partial charge in [0.15, 0.2) is 0 Å². The van der Waals surface area contributed by atoms with Gasteiger partial charge >= 0.3 is 0 Å². The molecule has 0 spiro atoms. The van der Waals surface area contributed by atoms with E-state index in [-0.39, 0.29) is 5.41 Å². The molecular formula is C22H24N6O2. The summed E-state index contributed by atoms with van der Waals surface area (Å²) in [5.41, 5.74) is 12.6. The Morgan fingerprint density at radius 3 is 1.57 bits per heavy atom. The van der Waals surface area contributed by atoms with Crippen molar-refractivity contribution in [1.82, 2.24) is 9.97 Å². The molecule has 0 aliphatic rings. The zero-order valence-electron chi connectivity index (χ0n) is 17.1. The summed E-state index contributed by atoms with van der Waals surface area (Å²) < 4.78 is 0. The molecule has 0 aliphatic carbocycles. The number of aromatic nitrogens is 2. The van der Waals surface area contributed by atoms with Crippen LogP contribution in [0, 0.1) is 0 Å². The molecule has 2 heterocycles. The van der Waals surface area contributed by atoms with Crippen molar-refractivity contribution < 1.29 is 9.59 Å². The quantitative estimate of drug-likeness (QED) is 0.526. The lowest BCUT2D eigenvalue weighted by atomic mass is 9.85. The zero-order chi connectivity index (χ0) is 21.9. The highest BCUT2D eigenvalue weighted by molar-refractivity contribution is 6.08. The summed E-state index contributed by atoms with van der Waals surface area (Å²) in [5, 5.41) is 5.42. The van der Waals surface area contributed by atoms with Gasteiger partial charge in [0.05, 0.1) is 0 Å².